The third-order valence-corrected chi connectivity index (χ3v) is 5.96. The molecule has 1 amide bonds. The summed E-state index contributed by atoms with van der Waals surface area (Å²) in [4.78, 5) is 24.8. The fourth-order valence-corrected chi connectivity index (χ4v) is 4.35. The summed E-state index contributed by atoms with van der Waals surface area (Å²) in [7, 11) is -1.53. The number of H-pyrrole nitrogens is 1. The van der Waals surface area contributed by atoms with Crippen molar-refractivity contribution in [3.8, 4) is 17.1 Å². The number of aromatic amines is 1. The number of ether oxygens (including phenoxy) is 1. The van der Waals surface area contributed by atoms with Crippen molar-refractivity contribution in [2.75, 3.05) is 11.9 Å². The van der Waals surface area contributed by atoms with Crippen LogP contribution >= 0.6 is 0 Å². The summed E-state index contributed by atoms with van der Waals surface area (Å²) in [6, 6.07) is 12.4. The summed E-state index contributed by atoms with van der Waals surface area (Å²) in [5.41, 5.74) is 10.4. The first-order valence-electron chi connectivity index (χ1n) is 11.1. The van der Waals surface area contributed by atoms with Crippen molar-refractivity contribution in [2.24, 2.45) is 5.73 Å². The molecule has 6 N–H and O–H groups in total. The molecule has 0 atom stereocenters. The zero-order valence-electron chi connectivity index (χ0n) is 18.6. The molecule has 0 saturated carbocycles. The minimum absolute atomic E-state index is 0.408. The molecular weight excluding hydrogens is 433 g/mol. The van der Waals surface area contributed by atoms with Crippen LogP contribution in [-0.2, 0) is 13.0 Å². The van der Waals surface area contributed by atoms with Gasteiger partial charge in [0.2, 0.25) is 0 Å². The molecule has 2 aromatic carbocycles. The van der Waals surface area contributed by atoms with E-state index in [4.69, 9.17) is 20.4 Å². The van der Waals surface area contributed by atoms with E-state index in [-0.39, 0.29) is 0 Å². The Morgan fingerprint density at radius 1 is 1.24 bits per heavy atom. The Kier molecular flexibility index (Phi) is 5.68. The lowest BCUT2D eigenvalue weighted by Crippen LogP contribution is -2.30. The highest BCUT2D eigenvalue weighted by molar-refractivity contribution is 6.58. The molecule has 34 heavy (non-hydrogen) atoms. The minimum atomic E-state index is -1.53. The number of anilines is 1. The average molecular weight is 457 g/mol. The predicted molar refractivity (Wildman–Crippen MR) is 130 cm³/mol. The lowest BCUT2D eigenvalue weighted by molar-refractivity contribution is 0.100. The molecule has 1 aliphatic rings. The lowest BCUT2D eigenvalue weighted by atomic mass is 9.80. The van der Waals surface area contributed by atoms with Crippen molar-refractivity contribution in [3.63, 3.8) is 0 Å². The minimum Gasteiger partial charge on any atom is -0.488 e. The van der Waals surface area contributed by atoms with Gasteiger partial charge >= 0.3 is 7.12 Å². The predicted octanol–water partition coefficient (Wildman–Crippen LogP) is 1.65. The summed E-state index contributed by atoms with van der Waals surface area (Å²) in [6.45, 7) is 2.91. The monoisotopic (exact) mass is 457 g/mol. The number of nitrogens with two attached hydrogens (primary N) is 1. The van der Waals surface area contributed by atoms with Gasteiger partial charge < -0.3 is 30.8 Å². The molecule has 172 valence electrons. The molecule has 0 fully saturated rings. The smallest absolute Gasteiger partial charge is 0.488 e. The fraction of sp³-hybridized carbons (Fsp3) is 0.208. The Balaban J connectivity index is 1.57. The molecule has 5 rings (SSSR count). The first-order chi connectivity index (χ1) is 16.4. The number of nitrogens with zero attached hydrogens (tertiary/aromatic N) is 2. The molecule has 10 heteroatoms. The van der Waals surface area contributed by atoms with Crippen LogP contribution in [0.4, 0.5) is 5.82 Å². The Morgan fingerprint density at radius 2 is 2.06 bits per heavy atom. The van der Waals surface area contributed by atoms with E-state index in [0.717, 1.165) is 40.7 Å². The highest BCUT2D eigenvalue weighted by Crippen LogP contribution is 2.37. The molecule has 3 heterocycles. The number of aryl methyl sites for hydroxylation is 2. The van der Waals surface area contributed by atoms with E-state index in [9.17, 15) is 14.8 Å². The summed E-state index contributed by atoms with van der Waals surface area (Å²) < 4.78 is 5.91. The summed E-state index contributed by atoms with van der Waals surface area (Å²) in [5, 5.41) is 23.1. The highest BCUT2D eigenvalue weighted by Gasteiger charge is 2.23. The zero-order chi connectivity index (χ0) is 23.8. The van der Waals surface area contributed by atoms with E-state index in [1.54, 1.807) is 30.3 Å². The quantitative estimate of drug-likeness (QED) is 0.277. The van der Waals surface area contributed by atoms with Crippen LogP contribution in [-0.4, -0.2) is 44.6 Å². The van der Waals surface area contributed by atoms with Gasteiger partial charge in [0.1, 0.15) is 0 Å². The van der Waals surface area contributed by atoms with E-state index in [1.807, 2.05) is 19.1 Å². The van der Waals surface area contributed by atoms with E-state index < -0.39 is 13.0 Å². The highest BCUT2D eigenvalue weighted by atomic mass is 16.5. The van der Waals surface area contributed by atoms with Gasteiger partial charge in [0.05, 0.1) is 23.4 Å². The second kappa shape index (κ2) is 8.81. The summed E-state index contributed by atoms with van der Waals surface area (Å²) >= 11 is 0. The molecular formula is C24H24BN5O4. The van der Waals surface area contributed by atoms with E-state index in [2.05, 4.69) is 10.3 Å². The molecule has 0 saturated heterocycles. The molecule has 2 aromatic heterocycles. The van der Waals surface area contributed by atoms with Gasteiger partial charge in [0.15, 0.2) is 17.4 Å². The second-order valence-electron chi connectivity index (χ2n) is 8.31. The first kappa shape index (κ1) is 21.9. The van der Waals surface area contributed by atoms with Crippen LogP contribution in [0.3, 0.4) is 0 Å². The standard InChI is InChI=1S/C24H24BN5O4/c1-13-19(16-7-3-8-17(22(26)31)20(16)28-13)23-29-18-9-4-10-34-21(18)24(30-23)27-12-14-5-2-6-15(11-14)25(32)33/h2-3,5-8,11,28,32-33H,4,9-10,12H2,1H3,(H2,26,31)(H,27,29,30). The average Bonchev–Trinajstić information content (AvgIpc) is 3.18. The van der Waals surface area contributed by atoms with Crippen molar-refractivity contribution >= 4 is 35.2 Å². The molecule has 4 aromatic rings. The number of benzene rings is 2. The number of nitrogens with one attached hydrogen (secondary N) is 2. The van der Waals surface area contributed by atoms with Crippen LogP contribution in [0.2, 0.25) is 0 Å². The Labute approximate surface area is 196 Å². The van der Waals surface area contributed by atoms with Crippen molar-refractivity contribution in [1.82, 2.24) is 15.0 Å². The maximum atomic E-state index is 11.9. The number of primary amides is 1. The van der Waals surface area contributed by atoms with Crippen molar-refractivity contribution in [1.29, 1.82) is 0 Å². The topological polar surface area (TPSA) is 146 Å². The number of aromatic nitrogens is 3. The number of amides is 1. The molecule has 0 unspecified atom stereocenters. The number of hydrogen-bond acceptors (Lipinski definition) is 7. The lowest BCUT2D eigenvalue weighted by Gasteiger charge is -2.21. The molecule has 9 nitrogen and oxygen atoms in total. The third kappa shape index (κ3) is 3.97. The van der Waals surface area contributed by atoms with Crippen molar-refractivity contribution < 1.29 is 19.6 Å². The number of rotatable bonds is 6. The number of carbonyl (C=O) groups excluding carboxylic acids is 1. The van der Waals surface area contributed by atoms with Gasteiger partial charge in [-0.1, -0.05) is 36.4 Å². The maximum Gasteiger partial charge on any atom is 0.488 e. The van der Waals surface area contributed by atoms with Crippen molar-refractivity contribution in [3.05, 3.63) is 65.0 Å². The second-order valence-corrected chi connectivity index (χ2v) is 8.31. The van der Waals surface area contributed by atoms with Gasteiger partial charge in [-0.15, -0.1) is 0 Å². The summed E-state index contributed by atoms with van der Waals surface area (Å²) in [5.74, 6) is 1.21. The third-order valence-electron chi connectivity index (χ3n) is 5.96. The number of carbonyl (C=O) groups is 1. The Morgan fingerprint density at radius 3 is 2.85 bits per heavy atom. The van der Waals surface area contributed by atoms with Crippen LogP contribution in [0.15, 0.2) is 42.5 Å². The van der Waals surface area contributed by atoms with Crippen LogP contribution in [0.25, 0.3) is 22.3 Å². The van der Waals surface area contributed by atoms with Crippen LogP contribution in [0.1, 0.15) is 33.7 Å². The van der Waals surface area contributed by atoms with Crippen LogP contribution in [0.5, 0.6) is 5.75 Å². The van der Waals surface area contributed by atoms with Gasteiger partial charge in [-0.3, -0.25) is 4.79 Å². The van der Waals surface area contributed by atoms with E-state index in [0.29, 0.717) is 47.1 Å². The SMILES string of the molecule is Cc1[nH]c2c(C(N)=O)cccc2c1-c1nc2c(c(NCc3cccc(B(O)O)c3)n1)OCCC2. The first-order valence-corrected chi connectivity index (χ1v) is 11.1. The molecule has 0 bridgehead atoms. The van der Waals surface area contributed by atoms with Gasteiger partial charge in [0, 0.05) is 23.2 Å². The van der Waals surface area contributed by atoms with Crippen LogP contribution < -0.4 is 21.3 Å². The van der Waals surface area contributed by atoms with Gasteiger partial charge in [0.25, 0.3) is 5.91 Å². The molecule has 0 radical (unpaired) electrons. The molecule has 0 spiro atoms. The maximum absolute atomic E-state index is 11.9. The van der Waals surface area contributed by atoms with Gasteiger partial charge in [-0.25, -0.2) is 9.97 Å². The Bertz CT molecular complexity index is 1400. The van der Waals surface area contributed by atoms with E-state index >= 15 is 0 Å². The fourth-order valence-electron chi connectivity index (χ4n) is 4.35. The summed E-state index contributed by atoms with van der Waals surface area (Å²) in [6.07, 6.45) is 1.62. The number of fused-ring (bicyclic) bond motifs is 2. The van der Waals surface area contributed by atoms with Crippen molar-refractivity contribution in [2.45, 2.75) is 26.3 Å². The van der Waals surface area contributed by atoms with Gasteiger partial charge in [-0.2, -0.15) is 0 Å². The van der Waals surface area contributed by atoms with Gasteiger partial charge in [-0.05, 0) is 36.9 Å². The van der Waals surface area contributed by atoms with E-state index in [1.165, 1.54) is 0 Å². The molecule has 1 aliphatic heterocycles. The normalized spacial score (nSPS) is 12.8. The zero-order valence-corrected chi connectivity index (χ0v) is 18.6. The number of para-hydroxylation sites is 1. The number of hydrogen-bond donors (Lipinski definition) is 5. The van der Waals surface area contributed by atoms with Crippen LogP contribution in [0, 0.1) is 6.92 Å². The molecule has 0 aliphatic carbocycles. The largest absolute Gasteiger partial charge is 0.488 e. The Hall–Kier alpha value is -3.89.